The summed E-state index contributed by atoms with van der Waals surface area (Å²) in [5.74, 6) is 0.170. The lowest BCUT2D eigenvalue weighted by Crippen LogP contribution is -1.82. The first-order valence-corrected chi connectivity index (χ1v) is 2.77. The van der Waals surface area contributed by atoms with Crippen molar-refractivity contribution in [1.82, 2.24) is 0 Å². The Morgan fingerprint density at radius 3 is 2.89 bits per heavy atom. The van der Waals surface area contributed by atoms with Crippen LogP contribution in [0.15, 0.2) is 30.5 Å². The van der Waals surface area contributed by atoms with Gasteiger partial charge in [0.1, 0.15) is 5.78 Å². The minimum Gasteiger partial charge on any atom is -0.300 e. The summed E-state index contributed by atoms with van der Waals surface area (Å²) < 4.78 is 0. The third-order valence-electron chi connectivity index (χ3n) is 0.755. The summed E-state index contributed by atoms with van der Waals surface area (Å²) in [5, 5.41) is 0. The van der Waals surface area contributed by atoms with Crippen molar-refractivity contribution in [3.63, 3.8) is 0 Å². The molecule has 0 saturated carbocycles. The first-order chi connectivity index (χ1) is 4.27. The van der Waals surface area contributed by atoms with Gasteiger partial charge in [-0.2, -0.15) is 0 Å². The number of Topliss-reactive ketones (excluding diaryl/α,β-unsaturated/α-hetero) is 1. The van der Waals surface area contributed by atoms with Crippen molar-refractivity contribution >= 4 is 5.78 Å². The number of carbonyl (C=O) groups is 1. The van der Waals surface area contributed by atoms with Crippen LogP contribution in [0.3, 0.4) is 0 Å². The van der Waals surface area contributed by atoms with E-state index in [9.17, 15) is 4.79 Å². The lowest BCUT2D eigenvalue weighted by molar-refractivity contribution is -0.116. The van der Waals surface area contributed by atoms with Crippen molar-refractivity contribution in [3.8, 4) is 0 Å². The quantitative estimate of drug-likeness (QED) is 0.412. The third kappa shape index (κ3) is 6.93. The van der Waals surface area contributed by atoms with Crippen molar-refractivity contribution in [2.45, 2.75) is 13.3 Å². The molecule has 0 saturated heterocycles. The third-order valence-corrected chi connectivity index (χ3v) is 0.755. The highest BCUT2D eigenvalue weighted by molar-refractivity contribution is 5.76. The van der Waals surface area contributed by atoms with Crippen LogP contribution in [0.5, 0.6) is 0 Å². The fraction of sp³-hybridized carbons (Fsp3) is 0.250. The molecule has 0 aliphatic rings. The maximum atomic E-state index is 10.3. The van der Waals surface area contributed by atoms with E-state index in [0.29, 0.717) is 6.42 Å². The second kappa shape index (κ2) is 5.07. The van der Waals surface area contributed by atoms with Crippen LogP contribution in [0.1, 0.15) is 13.3 Å². The van der Waals surface area contributed by atoms with Gasteiger partial charge in [0.2, 0.25) is 0 Å². The monoisotopic (exact) mass is 122 g/mol. The standard InChI is InChI=1S/C8H10O/c1-3-4-5-6-7-8(2)9/h4-6H,1,7H2,2H3/b6-5-. The van der Waals surface area contributed by atoms with E-state index in [2.05, 4.69) is 12.3 Å². The Balaban J connectivity index is 3.48. The van der Waals surface area contributed by atoms with Crippen molar-refractivity contribution < 1.29 is 4.79 Å². The molecule has 0 rings (SSSR count). The van der Waals surface area contributed by atoms with Crippen molar-refractivity contribution in [2.75, 3.05) is 0 Å². The molecule has 0 aromatic heterocycles. The van der Waals surface area contributed by atoms with Crippen LogP contribution in [0.2, 0.25) is 0 Å². The average molecular weight is 122 g/mol. The number of allylic oxidation sites excluding steroid dienone is 3. The average Bonchev–Trinajstić information content (AvgIpc) is 1.80. The molecular formula is C8H10O. The Morgan fingerprint density at radius 1 is 1.78 bits per heavy atom. The number of hydrogen-bond acceptors (Lipinski definition) is 1. The van der Waals surface area contributed by atoms with Gasteiger partial charge in [-0.05, 0) is 13.0 Å². The normalized spacial score (nSPS) is 9.00. The maximum absolute atomic E-state index is 10.3. The second-order valence-corrected chi connectivity index (χ2v) is 1.71. The van der Waals surface area contributed by atoms with E-state index in [1.807, 2.05) is 0 Å². The highest BCUT2D eigenvalue weighted by atomic mass is 16.1. The van der Waals surface area contributed by atoms with Gasteiger partial charge in [-0.1, -0.05) is 18.7 Å². The van der Waals surface area contributed by atoms with Crippen LogP contribution in [0.4, 0.5) is 0 Å². The van der Waals surface area contributed by atoms with Gasteiger partial charge in [0.15, 0.2) is 0 Å². The molecule has 0 aliphatic carbocycles. The van der Waals surface area contributed by atoms with Gasteiger partial charge >= 0.3 is 0 Å². The van der Waals surface area contributed by atoms with Crippen molar-refractivity contribution in [1.29, 1.82) is 0 Å². The maximum Gasteiger partial charge on any atom is 0.133 e. The Labute approximate surface area is 55.4 Å². The first-order valence-electron chi connectivity index (χ1n) is 2.77. The van der Waals surface area contributed by atoms with Gasteiger partial charge in [-0.15, -0.1) is 5.73 Å². The van der Waals surface area contributed by atoms with E-state index in [0.717, 1.165) is 0 Å². The molecule has 0 amide bonds. The molecule has 0 aliphatic heterocycles. The molecule has 48 valence electrons. The van der Waals surface area contributed by atoms with E-state index in [1.54, 1.807) is 25.2 Å². The van der Waals surface area contributed by atoms with Crippen LogP contribution >= 0.6 is 0 Å². The van der Waals surface area contributed by atoms with Crippen LogP contribution in [0.25, 0.3) is 0 Å². The van der Waals surface area contributed by atoms with Crippen molar-refractivity contribution in [3.05, 3.63) is 30.5 Å². The number of carbonyl (C=O) groups excluding carboxylic acids is 1. The van der Waals surface area contributed by atoms with Crippen LogP contribution in [-0.2, 0) is 4.79 Å². The zero-order valence-corrected chi connectivity index (χ0v) is 5.55. The predicted octanol–water partition coefficient (Wildman–Crippen LogP) is 1.86. The highest BCUT2D eigenvalue weighted by Gasteiger charge is 1.82. The van der Waals surface area contributed by atoms with E-state index >= 15 is 0 Å². The fourth-order valence-corrected chi connectivity index (χ4v) is 0.370. The van der Waals surface area contributed by atoms with Gasteiger partial charge in [-0.25, -0.2) is 0 Å². The zero-order valence-electron chi connectivity index (χ0n) is 5.55. The summed E-state index contributed by atoms with van der Waals surface area (Å²) in [5.41, 5.74) is 2.57. The van der Waals surface area contributed by atoms with Gasteiger partial charge in [-0.3, -0.25) is 4.79 Å². The predicted molar refractivity (Wildman–Crippen MR) is 38.1 cm³/mol. The zero-order chi connectivity index (χ0) is 7.11. The topological polar surface area (TPSA) is 17.1 Å². The number of rotatable bonds is 3. The molecule has 0 aromatic rings. The Kier molecular flexibility index (Phi) is 4.47. The molecule has 1 heteroatoms. The van der Waals surface area contributed by atoms with Gasteiger partial charge < -0.3 is 0 Å². The summed E-state index contributed by atoms with van der Waals surface area (Å²) in [6.45, 7) is 4.92. The molecule has 1 nitrogen and oxygen atoms in total. The highest BCUT2D eigenvalue weighted by Crippen LogP contribution is 1.83. The molecule has 0 bridgehead atoms. The molecule has 0 N–H and O–H groups in total. The lowest BCUT2D eigenvalue weighted by Gasteiger charge is -1.78. The van der Waals surface area contributed by atoms with Crippen LogP contribution in [0, 0.1) is 0 Å². The Morgan fingerprint density at radius 2 is 2.44 bits per heavy atom. The molecule has 0 radical (unpaired) electrons. The van der Waals surface area contributed by atoms with Gasteiger partial charge in [0, 0.05) is 6.42 Å². The molecule has 0 fully saturated rings. The minimum atomic E-state index is 0.170. The molecular weight excluding hydrogens is 112 g/mol. The van der Waals surface area contributed by atoms with Crippen LogP contribution in [-0.4, -0.2) is 5.78 Å². The summed E-state index contributed by atoms with van der Waals surface area (Å²) in [6, 6.07) is 0. The van der Waals surface area contributed by atoms with E-state index in [4.69, 9.17) is 0 Å². The van der Waals surface area contributed by atoms with E-state index in [-0.39, 0.29) is 5.78 Å². The smallest absolute Gasteiger partial charge is 0.133 e. The molecule has 0 heterocycles. The summed E-state index contributed by atoms with van der Waals surface area (Å²) >= 11 is 0. The molecule has 0 aromatic carbocycles. The minimum absolute atomic E-state index is 0.170. The Hall–Kier alpha value is -1.07. The fourth-order valence-electron chi connectivity index (χ4n) is 0.370. The molecule has 9 heavy (non-hydrogen) atoms. The lowest BCUT2D eigenvalue weighted by atomic mass is 10.3. The summed E-state index contributed by atoms with van der Waals surface area (Å²) in [7, 11) is 0. The Bertz CT molecular complexity index is 159. The second-order valence-electron chi connectivity index (χ2n) is 1.71. The number of ketones is 1. The van der Waals surface area contributed by atoms with Crippen LogP contribution < -0.4 is 0 Å². The first kappa shape index (κ1) is 7.93. The van der Waals surface area contributed by atoms with E-state index in [1.165, 1.54) is 0 Å². The van der Waals surface area contributed by atoms with Gasteiger partial charge in [0.05, 0.1) is 0 Å². The summed E-state index contributed by atoms with van der Waals surface area (Å²) in [4.78, 5) is 10.3. The van der Waals surface area contributed by atoms with E-state index < -0.39 is 0 Å². The SMILES string of the molecule is C=C=C/C=C\CC(C)=O. The van der Waals surface area contributed by atoms with Crippen molar-refractivity contribution in [2.24, 2.45) is 0 Å². The molecule has 0 unspecified atom stereocenters. The van der Waals surface area contributed by atoms with Gasteiger partial charge in [0.25, 0.3) is 0 Å². The largest absolute Gasteiger partial charge is 0.300 e. The number of hydrogen-bond donors (Lipinski definition) is 0. The summed E-state index contributed by atoms with van der Waals surface area (Å²) in [6.07, 6.45) is 5.70. The molecule has 0 spiro atoms. The molecule has 0 atom stereocenters.